The molecule has 17 heavy (non-hydrogen) atoms. The van der Waals surface area contributed by atoms with Crippen molar-refractivity contribution in [3.8, 4) is 0 Å². The molecule has 2 N–H and O–H groups in total. The highest BCUT2D eigenvalue weighted by atomic mass is 35.5. The number of hydrogen-bond acceptors (Lipinski definition) is 2. The van der Waals surface area contributed by atoms with E-state index >= 15 is 0 Å². The summed E-state index contributed by atoms with van der Waals surface area (Å²) in [6.07, 6.45) is 9.04. The van der Waals surface area contributed by atoms with E-state index in [2.05, 4.69) is 26.0 Å². The number of alkyl halides is 1. The summed E-state index contributed by atoms with van der Waals surface area (Å²) in [6.45, 7) is 4.19. The molecule has 0 fully saturated rings. The molecule has 0 bridgehead atoms. The highest BCUT2D eigenvalue weighted by Crippen LogP contribution is 2.17. The van der Waals surface area contributed by atoms with Gasteiger partial charge in [-0.1, -0.05) is 38.8 Å². The molecule has 0 aromatic rings. The Hall–Kier alpha value is -0.0500. The average Bonchev–Trinajstić information content (AvgIpc) is 2.31. The highest BCUT2D eigenvalue weighted by Gasteiger charge is 2.19. The van der Waals surface area contributed by atoms with E-state index in [1.165, 1.54) is 0 Å². The van der Waals surface area contributed by atoms with Gasteiger partial charge in [0.05, 0.1) is 17.6 Å². The van der Waals surface area contributed by atoms with Crippen LogP contribution in [0, 0.1) is 0 Å². The molecule has 0 aliphatic rings. The van der Waals surface area contributed by atoms with Crippen LogP contribution in [0.15, 0.2) is 12.2 Å². The first kappa shape index (κ1) is 16.9. The minimum Gasteiger partial charge on any atom is -0.393 e. The van der Waals surface area contributed by atoms with E-state index in [0.29, 0.717) is 12.8 Å². The maximum absolute atomic E-state index is 9.81. The molecule has 2 nitrogen and oxygen atoms in total. The van der Waals surface area contributed by atoms with Gasteiger partial charge in [0, 0.05) is 6.42 Å². The van der Waals surface area contributed by atoms with Crippen molar-refractivity contribution in [3.63, 3.8) is 0 Å². The van der Waals surface area contributed by atoms with Crippen LogP contribution < -0.4 is 0 Å². The van der Waals surface area contributed by atoms with Crippen molar-refractivity contribution >= 4 is 11.6 Å². The lowest BCUT2D eigenvalue weighted by Crippen LogP contribution is -2.26. The van der Waals surface area contributed by atoms with Crippen molar-refractivity contribution in [3.05, 3.63) is 12.2 Å². The van der Waals surface area contributed by atoms with E-state index < -0.39 is 12.2 Å². The Morgan fingerprint density at radius 1 is 1.12 bits per heavy atom. The van der Waals surface area contributed by atoms with Crippen molar-refractivity contribution in [2.75, 3.05) is 0 Å². The standard InChI is InChI=1S/C14H27ClO2/c1-3-5-7-8-9-12(16)11-14(17)13(15)10-6-4-2/h5,7,12-14,16-17H,3-4,6,8-11H2,1-2H3/b7-5+/t12-,13-,14+/m1/s1. The molecule has 0 aromatic carbocycles. The number of aliphatic hydroxyl groups excluding tert-OH is 2. The third-order valence-corrected chi connectivity index (χ3v) is 3.34. The summed E-state index contributed by atoms with van der Waals surface area (Å²) in [5.74, 6) is 0. The zero-order valence-electron chi connectivity index (χ0n) is 11.1. The van der Waals surface area contributed by atoms with Gasteiger partial charge in [-0.2, -0.15) is 0 Å². The number of hydrogen-bond donors (Lipinski definition) is 2. The van der Waals surface area contributed by atoms with Crippen LogP contribution in [0.2, 0.25) is 0 Å². The van der Waals surface area contributed by atoms with Gasteiger partial charge in [0.25, 0.3) is 0 Å². The Labute approximate surface area is 111 Å². The van der Waals surface area contributed by atoms with E-state index in [9.17, 15) is 10.2 Å². The lowest BCUT2D eigenvalue weighted by Gasteiger charge is -2.19. The fourth-order valence-electron chi connectivity index (χ4n) is 1.71. The molecule has 0 heterocycles. The molecule has 0 aliphatic heterocycles. The first-order chi connectivity index (χ1) is 8.11. The largest absolute Gasteiger partial charge is 0.393 e. The summed E-state index contributed by atoms with van der Waals surface area (Å²) in [4.78, 5) is 0. The number of rotatable bonds is 10. The molecular formula is C14H27ClO2. The number of aliphatic hydroxyl groups is 2. The Bertz CT molecular complexity index is 195. The topological polar surface area (TPSA) is 40.5 Å². The molecule has 0 spiro atoms. The number of halogens is 1. The van der Waals surface area contributed by atoms with Gasteiger partial charge in [0.1, 0.15) is 0 Å². The van der Waals surface area contributed by atoms with E-state index in [1.54, 1.807) is 0 Å². The van der Waals surface area contributed by atoms with Crippen LogP contribution in [-0.4, -0.2) is 27.8 Å². The fraction of sp³-hybridized carbons (Fsp3) is 0.857. The molecule has 0 radical (unpaired) electrons. The minimum atomic E-state index is -0.589. The third kappa shape index (κ3) is 9.63. The van der Waals surface area contributed by atoms with Crippen LogP contribution in [0.25, 0.3) is 0 Å². The summed E-state index contributed by atoms with van der Waals surface area (Å²) in [5.41, 5.74) is 0. The molecule has 102 valence electrons. The summed E-state index contributed by atoms with van der Waals surface area (Å²) in [7, 11) is 0. The third-order valence-electron chi connectivity index (χ3n) is 2.83. The van der Waals surface area contributed by atoms with Crippen molar-refractivity contribution in [1.29, 1.82) is 0 Å². The molecule has 0 unspecified atom stereocenters. The van der Waals surface area contributed by atoms with Gasteiger partial charge in [-0.3, -0.25) is 0 Å². The molecule has 0 rings (SSSR count). The van der Waals surface area contributed by atoms with Crippen LogP contribution in [0.5, 0.6) is 0 Å². The van der Waals surface area contributed by atoms with Gasteiger partial charge in [0.2, 0.25) is 0 Å². The maximum atomic E-state index is 9.81. The second-order valence-corrected chi connectivity index (χ2v) is 5.13. The van der Waals surface area contributed by atoms with Crippen LogP contribution in [0.4, 0.5) is 0 Å². The predicted molar refractivity (Wildman–Crippen MR) is 74.5 cm³/mol. The normalized spacial score (nSPS) is 17.2. The Morgan fingerprint density at radius 2 is 1.82 bits per heavy atom. The number of allylic oxidation sites excluding steroid dienone is 2. The molecule has 3 heteroatoms. The van der Waals surface area contributed by atoms with Crippen molar-refractivity contribution in [2.24, 2.45) is 0 Å². The minimum absolute atomic E-state index is 0.226. The van der Waals surface area contributed by atoms with Crippen molar-refractivity contribution in [1.82, 2.24) is 0 Å². The van der Waals surface area contributed by atoms with Crippen LogP contribution >= 0.6 is 11.6 Å². The van der Waals surface area contributed by atoms with Gasteiger partial charge in [0.15, 0.2) is 0 Å². The first-order valence-corrected chi connectivity index (χ1v) is 7.20. The van der Waals surface area contributed by atoms with Gasteiger partial charge in [-0.25, -0.2) is 0 Å². The SMILES string of the molecule is CC/C=C/CC[C@@H](O)C[C@H](O)[C@H](Cl)CCCC. The molecule has 0 aromatic heterocycles. The average molecular weight is 263 g/mol. The molecule has 0 saturated carbocycles. The van der Waals surface area contributed by atoms with E-state index in [4.69, 9.17) is 11.6 Å². The van der Waals surface area contributed by atoms with Gasteiger partial charge in [-0.15, -0.1) is 11.6 Å². The second-order valence-electron chi connectivity index (χ2n) is 4.57. The van der Waals surface area contributed by atoms with Gasteiger partial charge < -0.3 is 10.2 Å². The second kappa shape index (κ2) is 11.1. The first-order valence-electron chi connectivity index (χ1n) is 6.76. The van der Waals surface area contributed by atoms with Crippen LogP contribution in [0.3, 0.4) is 0 Å². The lowest BCUT2D eigenvalue weighted by atomic mass is 10.0. The molecule has 0 aliphatic carbocycles. The summed E-state index contributed by atoms with van der Waals surface area (Å²) in [5, 5.41) is 19.3. The number of unbranched alkanes of at least 4 members (excludes halogenated alkanes) is 1. The van der Waals surface area contributed by atoms with E-state index in [0.717, 1.165) is 32.1 Å². The molecular weight excluding hydrogens is 236 g/mol. The van der Waals surface area contributed by atoms with E-state index in [1.807, 2.05) is 0 Å². The maximum Gasteiger partial charge on any atom is 0.0728 e. The molecule has 3 atom stereocenters. The van der Waals surface area contributed by atoms with Gasteiger partial charge >= 0.3 is 0 Å². The molecule has 0 amide bonds. The van der Waals surface area contributed by atoms with E-state index in [-0.39, 0.29) is 5.38 Å². The summed E-state index contributed by atoms with van der Waals surface area (Å²) in [6, 6.07) is 0. The zero-order chi connectivity index (χ0) is 13.1. The smallest absolute Gasteiger partial charge is 0.0728 e. The lowest BCUT2D eigenvalue weighted by molar-refractivity contribution is 0.0722. The Balaban J connectivity index is 3.70. The van der Waals surface area contributed by atoms with Gasteiger partial charge in [-0.05, 0) is 25.7 Å². The summed E-state index contributed by atoms with van der Waals surface area (Å²) < 4.78 is 0. The molecule has 0 saturated heterocycles. The fourth-order valence-corrected chi connectivity index (χ4v) is 1.97. The Kier molecular flexibility index (Phi) is 11.0. The van der Waals surface area contributed by atoms with Crippen molar-refractivity contribution in [2.45, 2.75) is 76.4 Å². The zero-order valence-corrected chi connectivity index (χ0v) is 11.9. The summed E-state index contributed by atoms with van der Waals surface area (Å²) >= 11 is 6.06. The monoisotopic (exact) mass is 262 g/mol. The highest BCUT2D eigenvalue weighted by molar-refractivity contribution is 6.21. The predicted octanol–water partition coefficient (Wildman–Crippen LogP) is 3.64. The van der Waals surface area contributed by atoms with Crippen LogP contribution in [-0.2, 0) is 0 Å². The van der Waals surface area contributed by atoms with Crippen molar-refractivity contribution < 1.29 is 10.2 Å². The quantitative estimate of drug-likeness (QED) is 0.466. The van der Waals surface area contributed by atoms with Crippen LogP contribution in [0.1, 0.15) is 58.8 Å². The Morgan fingerprint density at radius 3 is 2.41 bits per heavy atom.